The van der Waals surface area contributed by atoms with Gasteiger partial charge in [0.2, 0.25) is 11.8 Å². The fourth-order valence-corrected chi connectivity index (χ4v) is 7.61. The Morgan fingerprint density at radius 1 is 0.936 bits per heavy atom. The highest BCUT2D eigenvalue weighted by molar-refractivity contribution is 6.00. The Morgan fingerprint density at radius 2 is 1.77 bits per heavy atom. The van der Waals surface area contributed by atoms with Crippen molar-refractivity contribution in [3.8, 4) is 0 Å². The smallest absolute Gasteiger partial charge is 0.234 e. The van der Waals surface area contributed by atoms with Gasteiger partial charge in [-0.3, -0.25) is 28.9 Å². The van der Waals surface area contributed by atoms with Crippen LogP contribution in [0.3, 0.4) is 0 Å². The van der Waals surface area contributed by atoms with Gasteiger partial charge in [0, 0.05) is 100 Å². The van der Waals surface area contributed by atoms with E-state index >= 15 is 0 Å². The predicted molar refractivity (Wildman–Crippen MR) is 180 cm³/mol. The van der Waals surface area contributed by atoms with Gasteiger partial charge in [0.15, 0.2) is 11.5 Å². The summed E-state index contributed by atoms with van der Waals surface area (Å²) < 4.78 is 4.29. The quantitative estimate of drug-likeness (QED) is 0.264. The van der Waals surface area contributed by atoms with Gasteiger partial charge in [-0.15, -0.1) is 0 Å². The van der Waals surface area contributed by atoms with Gasteiger partial charge in [-0.05, 0) is 56.7 Å². The lowest BCUT2D eigenvalue weighted by Crippen LogP contribution is -2.54. The van der Waals surface area contributed by atoms with Gasteiger partial charge in [0.25, 0.3) is 0 Å². The molecule has 4 fully saturated rings. The molecular weight excluding hydrogens is 592 g/mol. The van der Waals surface area contributed by atoms with Crippen LogP contribution >= 0.6 is 0 Å². The van der Waals surface area contributed by atoms with Gasteiger partial charge in [-0.25, -0.2) is 9.97 Å². The number of hydrogen-bond donors (Lipinski definition) is 2. The number of fused-ring (bicyclic) bond motifs is 1. The Labute approximate surface area is 275 Å². The van der Waals surface area contributed by atoms with Gasteiger partial charge >= 0.3 is 0 Å². The molecule has 0 radical (unpaired) electrons. The number of carbonyl (C=O) groups is 2. The Hall–Kier alpha value is -4.29. The van der Waals surface area contributed by atoms with Gasteiger partial charge in [-0.1, -0.05) is 12.1 Å². The summed E-state index contributed by atoms with van der Waals surface area (Å²) in [7, 11) is 0. The molecule has 2 atom stereocenters. The van der Waals surface area contributed by atoms with Crippen LogP contribution in [0.5, 0.6) is 0 Å². The van der Waals surface area contributed by atoms with E-state index in [1.54, 1.807) is 0 Å². The lowest BCUT2D eigenvalue weighted by atomic mass is 9.90. The molecule has 2 N–H and O–H groups in total. The number of hydrogen-bond acceptors (Lipinski definition) is 9. The van der Waals surface area contributed by atoms with E-state index in [-0.39, 0.29) is 17.7 Å². The number of amides is 2. The SMILES string of the molecule is CC1CN(c2ccc(C3CCC(=O)NC3=O)cc2)CCN1CCN1CCC(n2cc(Nc3ncc(C4CC4)n4ccnc34)cn2)CC1. The number of rotatable bonds is 9. The number of piperidine rings is 2. The van der Waals surface area contributed by atoms with Crippen LogP contribution in [0, 0.1) is 0 Å². The molecule has 4 aromatic rings. The molecule has 47 heavy (non-hydrogen) atoms. The summed E-state index contributed by atoms with van der Waals surface area (Å²) in [6.07, 6.45) is 15.5. The standard InChI is InChI=1S/C35H44N10O2/c1-24-22-43(28-6-4-25(5-7-28)30-8-9-32(46)40-35(30)47)19-18-42(24)17-16-41-13-10-29(11-14-41)45-23-27(20-38-45)39-33-34-36-12-15-44(34)31(21-37-33)26-2-3-26/h4-7,12,15,20-21,23-24,26,29-30H,2-3,8-11,13-14,16-19,22H2,1H3,(H,37,39)(H,40,46,47). The highest BCUT2D eigenvalue weighted by Gasteiger charge is 2.30. The van der Waals surface area contributed by atoms with Crippen LogP contribution in [0.15, 0.2) is 55.2 Å². The number of likely N-dealkylation sites (tertiary alicyclic amines) is 1. The van der Waals surface area contributed by atoms with Crippen LogP contribution in [-0.2, 0) is 9.59 Å². The Balaban J connectivity index is 0.790. The molecule has 246 valence electrons. The van der Waals surface area contributed by atoms with Gasteiger partial charge in [0.1, 0.15) is 0 Å². The molecule has 2 amide bonds. The predicted octanol–water partition coefficient (Wildman–Crippen LogP) is 3.91. The number of nitrogens with one attached hydrogen (secondary N) is 2. The van der Waals surface area contributed by atoms with Crippen LogP contribution in [0.4, 0.5) is 17.2 Å². The monoisotopic (exact) mass is 636 g/mol. The second-order valence-electron chi connectivity index (χ2n) is 13.8. The number of aromatic nitrogens is 5. The summed E-state index contributed by atoms with van der Waals surface area (Å²) in [6.45, 7) is 9.69. The van der Waals surface area contributed by atoms with Crippen molar-refractivity contribution in [3.05, 3.63) is 66.5 Å². The number of imidazole rings is 1. The number of carbonyl (C=O) groups excluding carboxylic acids is 2. The molecule has 12 heteroatoms. The van der Waals surface area contributed by atoms with Crippen LogP contribution < -0.4 is 15.5 Å². The van der Waals surface area contributed by atoms with Gasteiger partial charge in [-0.2, -0.15) is 5.10 Å². The molecule has 4 aliphatic rings. The molecule has 1 saturated carbocycles. The van der Waals surface area contributed by atoms with Crippen molar-refractivity contribution in [2.45, 2.75) is 69.4 Å². The average Bonchev–Trinajstić information content (AvgIpc) is 3.60. The zero-order chi connectivity index (χ0) is 31.9. The minimum Gasteiger partial charge on any atom is -0.369 e. The largest absolute Gasteiger partial charge is 0.369 e. The lowest BCUT2D eigenvalue weighted by Gasteiger charge is -2.42. The summed E-state index contributed by atoms with van der Waals surface area (Å²) in [5.41, 5.74) is 5.25. The van der Waals surface area contributed by atoms with E-state index in [1.165, 1.54) is 24.2 Å². The highest BCUT2D eigenvalue weighted by atomic mass is 16.2. The number of benzene rings is 1. The highest BCUT2D eigenvalue weighted by Crippen LogP contribution is 2.40. The minimum atomic E-state index is -0.233. The van der Waals surface area contributed by atoms with Gasteiger partial charge in [0.05, 0.1) is 23.8 Å². The van der Waals surface area contributed by atoms with Crippen molar-refractivity contribution < 1.29 is 9.59 Å². The number of imide groups is 1. The maximum atomic E-state index is 12.3. The molecule has 3 aromatic heterocycles. The molecule has 3 aliphatic heterocycles. The van der Waals surface area contributed by atoms with E-state index < -0.39 is 0 Å². The van der Waals surface area contributed by atoms with Crippen LogP contribution in [-0.4, -0.2) is 97.6 Å². The average molecular weight is 637 g/mol. The fourth-order valence-electron chi connectivity index (χ4n) is 7.61. The first-order valence-electron chi connectivity index (χ1n) is 17.3. The Kier molecular flexibility index (Phi) is 8.14. The Morgan fingerprint density at radius 3 is 2.53 bits per heavy atom. The van der Waals surface area contributed by atoms with Crippen LogP contribution in [0.2, 0.25) is 0 Å². The van der Waals surface area contributed by atoms with E-state index in [2.05, 4.69) is 76.8 Å². The lowest BCUT2D eigenvalue weighted by molar-refractivity contribution is -0.134. The van der Waals surface area contributed by atoms with Crippen molar-refractivity contribution in [1.82, 2.24) is 39.3 Å². The number of anilines is 3. The number of nitrogens with zero attached hydrogens (tertiary/aromatic N) is 8. The first kappa shape index (κ1) is 30.1. The first-order valence-corrected chi connectivity index (χ1v) is 17.3. The second-order valence-corrected chi connectivity index (χ2v) is 13.8. The molecule has 1 aromatic carbocycles. The summed E-state index contributed by atoms with van der Waals surface area (Å²) in [5, 5.41) is 10.6. The molecule has 8 rings (SSSR count). The molecule has 1 aliphatic carbocycles. The number of piperazine rings is 1. The van der Waals surface area contributed by atoms with E-state index in [4.69, 9.17) is 10.1 Å². The van der Waals surface area contributed by atoms with Crippen LogP contribution in [0.25, 0.3) is 5.65 Å². The third-order valence-corrected chi connectivity index (χ3v) is 10.6. The molecule has 0 spiro atoms. The maximum Gasteiger partial charge on any atom is 0.234 e. The normalized spacial score (nSPS) is 23.4. The molecule has 3 saturated heterocycles. The topological polar surface area (TPSA) is 116 Å². The summed E-state index contributed by atoms with van der Waals surface area (Å²) in [5.74, 6) is 0.801. The van der Waals surface area contributed by atoms with E-state index in [9.17, 15) is 9.59 Å². The molecular formula is C35H44N10O2. The second kappa shape index (κ2) is 12.7. The third-order valence-electron chi connectivity index (χ3n) is 10.6. The molecule has 2 unspecified atom stereocenters. The zero-order valence-corrected chi connectivity index (χ0v) is 27.1. The summed E-state index contributed by atoms with van der Waals surface area (Å²) >= 11 is 0. The first-order chi connectivity index (χ1) is 23.0. The molecule has 0 bridgehead atoms. The summed E-state index contributed by atoms with van der Waals surface area (Å²) in [6, 6.07) is 9.24. The third kappa shape index (κ3) is 6.36. The molecule has 12 nitrogen and oxygen atoms in total. The molecule has 6 heterocycles. The van der Waals surface area contributed by atoms with Crippen molar-refractivity contribution in [3.63, 3.8) is 0 Å². The van der Waals surface area contributed by atoms with E-state index in [0.29, 0.717) is 30.8 Å². The van der Waals surface area contributed by atoms with Crippen molar-refractivity contribution in [1.29, 1.82) is 0 Å². The van der Waals surface area contributed by atoms with Crippen LogP contribution in [0.1, 0.15) is 74.6 Å². The van der Waals surface area contributed by atoms with Crippen molar-refractivity contribution in [2.75, 3.05) is 56.0 Å². The Bertz CT molecular complexity index is 1740. The van der Waals surface area contributed by atoms with Gasteiger partial charge < -0.3 is 15.1 Å². The fraction of sp³-hybridized carbons (Fsp3) is 0.514. The maximum absolute atomic E-state index is 12.3. The van der Waals surface area contributed by atoms with E-state index in [1.807, 2.05) is 24.8 Å². The zero-order valence-electron chi connectivity index (χ0n) is 27.1. The van der Waals surface area contributed by atoms with E-state index in [0.717, 1.165) is 81.4 Å². The summed E-state index contributed by atoms with van der Waals surface area (Å²) in [4.78, 5) is 40.7. The van der Waals surface area contributed by atoms with Crippen molar-refractivity contribution in [2.24, 2.45) is 0 Å². The van der Waals surface area contributed by atoms with Crippen molar-refractivity contribution >= 4 is 34.7 Å². The minimum absolute atomic E-state index is 0.170.